The van der Waals surface area contributed by atoms with Gasteiger partial charge in [-0.3, -0.25) is 9.69 Å². The Morgan fingerprint density at radius 1 is 1.15 bits per heavy atom. The molecule has 0 saturated carbocycles. The average molecular weight is 458 g/mol. The second-order valence-corrected chi connectivity index (χ2v) is 10.1. The molecule has 1 unspecified atom stereocenters. The molecule has 150 valence electrons. The van der Waals surface area contributed by atoms with E-state index in [1.165, 1.54) is 4.31 Å². The zero-order valence-corrected chi connectivity index (χ0v) is 18.2. The molecule has 6 nitrogen and oxygen atoms in total. The number of amides is 1. The second kappa shape index (κ2) is 9.03. The van der Waals surface area contributed by atoms with E-state index in [4.69, 9.17) is 0 Å². The number of carbonyl (C=O) groups is 1. The van der Waals surface area contributed by atoms with Gasteiger partial charge in [0.1, 0.15) is 0 Å². The van der Waals surface area contributed by atoms with Gasteiger partial charge in [-0.2, -0.15) is 4.31 Å². The Morgan fingerprint density at radius 2 is 1.89 bits per heavy atom. The van der Waals surface area contributed by atoms with Gasteiger partial charge in [0, 0.05) is 30.7 Å². The number of rotatable bonds is 5. The van der Waals surface area contributed by atoms with Crippen molar-refractivity contribution in [3.05, 3.63) is 28.7 Å². The molecule has 1 amide bonds. The Labute approximate surface area is 170 Å². The van der Waals surface area contributed by atoms with Gasteiger partial charge in [0.15, 0.2) is 0 Å². The van der Waals surface area contributed by atoms with Crippen LogP contribution in [0, 0.1) is 0 Å². The van der Waals surface area contributed by atoms with Crippen molar-refractivity contribution in [2.75, 3.05) is 39.3 Å². The minimum Gasteiger partial charge on any atom is -0.339 e. The lowest BCUT2D eigenvalue weighted by Crippen LogP contribution is -2.56. The lowest BCUT2D eigenvalue weighted by molar-refractivity contribution is -0.139. The van der Waals surface area contributed by atoms with Gasteiger partial charge in [0.2, 0.25) is 15.9 Å². The van der Waals surface area contributed by atoms with E-state index in [1.54, 1.807) is 18.2 Å². The molecule has 0 aliphatic carbocycles. The van der Waals surface area contributed by atoms with Gasteiger partial charge in [-0.25, -0.2) is 8.42 Å². The van der Waals surface area contributed by atoms with Crippen LogP contribution in [-0.4, -0.2) is 73.7 Å². The molecule has 2 aliphatic rings. The van der Waals surface area contributed by atoms with Crippen molar-refractivity contribution in [3.8, 4) is 0 Å². The van der Waals surface area contributed by atoms with E-state index < -0.39 is 10.0 Å². The summed E-state index contributed by atoms with van der Waals surface area (Å²) in [6, 6.07) is 6.73. The molecule has 2 saturated heterocycles. The van der Waals surface area contributed by atoms with Crippen LogP contribution in [0.25, 0.3) is 0 Å². The Morgan fingerprint density at radius 3 is 2.56 bits per heavy atom. The number of piperazine rings is 1. The maximum absolute atomic E-state index is 13.0. The molecular formula is C19H28BrN3O3S. The van der Waals surface area contributed by atoms with Crippen LogP contribution in [0.3, 0.4) is 0 Å². The number of benzene rings is 1. The average Bonchev–Trinajstić information content (AvgIpc) is 2.68. The van der Waals surface area contributed by atoms with E-state index in [9.17, 15) is 13.2 Å². The van der Waals surface area contributed by atoms with Gasteiger partial charge in [-0.1, -0.05) is 35.3 Å². The van der Waals surface area contributed by atoms with Gasteiger partial charge in [-0.05, 0) is 50.6 Å². The van der Waals surface area contributed by atoms with Crippen molar-refractivity contribution in [2.45, 2.75) is 43.5 Å². The summed E-state index contributed by atoms with van der Waals surface area (Å²) < 4.78 is 27.9. The summed E-state index contributed by atoms with van der Waals surface area (Å²) in [6.07, 6.45) is 4.20. The number of halogens is 1. The molecule has 1 atom stereocenters. The number of sulfonamides is 1. The van der Waals surface area contributed by atoms with Crippen molar-refractivity contribution in [2.24, 2.45) is 0 Å². The predicted octanol–water partition coefficient (Wildman–Crippen LogP) is 2.55. The number of hydrogen-bond donors (Lipinski definition) is 0. The third-order valence-corrected chi connectivity index (χ3v) is 7.78. The highest BCUT2D eigenvalue weighted by Gasteiger charge is 2.35. The number of carbonyl (C=O) groups excluding carboxylic acids is 1. The van der Waals surface area contributed by atoms with Crippen molar-refractivity contribution < 1.29 is 13.2 Å². The first kappa shape index (κ1) is 20.8. The van der Waals surface area contributed by atoms with Crippen molar-refractivity contribution in [1.29, 1.82) is 0 Å². The summed E-state index contributed by atoms with van der Waals surface area (Å²) in [6.45, 7) is 5.70. The third kappa shape index (κ3) is 4.72. The largest absolute Gasteiger partial charge is 0.339 e. The topological polar surface area (TPSA) is 60.9 Å². The first-order valence-electron chi connectivity index (χ1n) is 9.72. The number of piperidine rings is 1. The molecule has 1 aromatic carbocycles. The lowest BCUT2D eigenvalue weighted by atomic mass is 10.0. The number of nitrogens with zero attached hydrogens (tertiary/aromatic N) is 3. The molecule has 0 spiro atoms. The molecule has 1 aromatic rings. The fraction of sp³-hybridized carbons (Fsp3) is 0.632. The molecule has 2 heterocycles. The lowest BCUT2D eigenvalue weighted by Gasteiger charge is -2.40. The van der Waals surface area contributed by atoms with Gasteiger partial charge in [0.05, 0.1) is 10.9 Å². The highest BCUT2D eigenvalue weighted by Crippen LogP contribution is 2.23. The van der Waals surface area contributed by atoms with Gasteiger partial charge >= 0.3 is 0 Å². The standard InChI is InChI=1S/C19H28BrN3O3S/c1-2-9-21-10-4-3-8-18(21)19(24)22-11-13-23(14-12-22)27(25,26)17-7-5-6-16(20)15-17/h5-7,15,18H,2-4,8-14H2,1H3. The Bertz CT molecular complexity index is 761. The van der Waals surface area contributed by atoms with E-state index in [-0.39, 0.29) is 16.8 Å². The Kier molecular flexibility index (Phi) is 6.94. The molecule has 8 heteroatoms. The molecule has 0 radical (unpaired) electrons. The third-order valence-electron chi connectivity index (χ3n) is 5.39. The van der Waals surface area contributed by atoms with E-state index in [0.717, 1.165) is 43.2 Å². The monoisotopic (exact) mass is 457 g/mol. The molecule has 3 rings (SSSR count). The molecule has 0 bridgehead atoms. The zero-order valence-electron chi connectivity index (χ0n) is 15.8. The fourth-order valence-electron chi connectivity index (χ4n) is 3.96. The Hall–Kier alpha value is -0.960. The summed E-state index contributed by atoms with van der Waals surface area (Å²) in [5, 5.41) is 0. The molecular weight excluding hydrogens is 430 g/mol. The summed E-state index contributed by atoms with van der Waals surface area (Å²) in [7, 11) is -3.52. The van der Waals surface area contributed by atoms with Gasteiger partial charge in [-0.15, -0.1) is 0 Å². The smallest absolute Gasteiger partial charge is 0.243 e. The van der Waals surface area contributed by atoms with Crippen LogP contribution < -0.4 is 0 Å². The van der Waals surface area contributed by atoms with E-state index in [1.807, 2.05) is 11.0 Å². The van der Waals surface area contributed by atoms with Crippen LogP contribution in [0.15, 0.2) is 33.6 Å². The highest BCUT2D eigenvalue weighted by atomic mass is 79.9. The van der Waals surface area contributed by atoms with Crippen molar-refractivity contribution in [3.63, 3.8) is 0 Å². The van der Waals surface area contributed by atoms with Crippen LogP contribution in [0.5, 0.6) is 0 Å². The number of likely N-dealkylation sites (tertiary alicyclic amines) is 1. The first-order chi connectivity index (χ1) is 12.9. The van der Waals surface area contributed by atoms with Crippen LogP contribution >= 0.6 is 15.9 Å². The summed E-state index contributed by atoms with van der Waals surface area (Å²) in [4.78, 5) is 17.5. The van der Waals surface area contributed by atoms with Crippen LogP contribution in [0.2, 0.25) is 0 Å². The van der Waals surface area contributed by atoms with Crippen LogP contribution in [0.1, 0.15) is 32.6 Å². The summed E-state index contributed by atoms with van der Waals surface area (Å²) in [5.74, 6) is 0.169. The SMILES string of the molecule is CCCN1CCCCC1C(=O)N1CCN(S(=O)(=O)c2cccc(Br)c2)CC1. The van der Waals surface area contributed by atoms with Gasteiger partial charge < -0.3 is 4.90 Å². The van der Waals surface area contributed by atoms with Crippen LogP contribution in [0.4, 0.5) is 0 Å². The first-order valence-corrected chi connectivity index (χ1v) is 12.0. The zero-order chi connectivity index (χ0) is 19.4. The van der Waals surface area contributed by atoms with Crippen LogP contribution in [-0.2, 0) is 14.8 Å². The molecule has 2 fully saturated rings. The minimum atomic E-state index is -3.52. The van der Waals surface area contributed by atoms with Crippen molar-refractivity contribution >= 4 is 31.9 Å². The highest BCUT2D eigenvalue weighted by molar-refractivity contribution is 9.10. The summed E-state index contributed by atoms with van der Waals surface area (Å²) >= 11 is 3.33. The number of hydrogen-bond acceptors (Lipinski definition) is 4. The molecule has 27 heavy (non-hydrogen) atoms. The van der Waals surface area contributed by atoms with E-state index >= 15 is 0 Å². The van der Waals surface area contributed by atoms with E-state index in [0.29, 0.717) is 26.2 Å². The minimum absolute atomic E-state index is 0.0352. The maximum Gasteiger partial charge on any atom is 0.243 e. The Balaban J connectivity index is 1.63. The predicted molar refractivity (Wildman–Crippen MR) is 109 cm³/mol. The normalized spacial score (nSPS) is 22.7. The summed E-state index contributed by atoms with van der Waals surface area (Å²) in [5.41, 5.74) is 0. The molecule has 0 N–H and O–H groups in total. The second-order valence-electron chi connectivity index (χ2n) is 7.23. The maximum atomic E-state index is 13.0. The molecule has 0 aromatic heterocycles. The fourth-order valence-corrected chi connectivity index (χ4v) is 5.98. The van der Waals surface area contributed by atoms with Gasteiger partial charge in [0.25, 0.3) is 0 Å². The molecule has 2 aliphatic heterocycles. The van der Waals surface area contributed by atoms with Crippen molar-refractivity contribution in [1.82, 2.24) is 14.1 Å². The van der Waals surface area contributed by atoms with E-state index in [2.05, 4.69) is 27.8 Å². The quantitative estimate of drug-likeness (QED) is 0.681.